The zero-order chi connectivity index (χ0) is 16.5. The predicted molar refractivity (Wildman–Crippen MR) is 91.8 cm³/mol. The molecule has 1 saturated heterocycles. The van der Waals surface area contributed by atoms with E-state index in [0.29, 0.717) is 24.5 Å². The molecule has 5 heteroatoms. The van der Waals surface area contributed by atoms with Gasteiger partial charge in [-0.3, -0.25) is 10.00 Å². The number of hydrogen-bond donors (Lipinski definition) is 2. The SMILES string of the molecule is Cc1ccc(OC2C[C@@H]3CN(CC(O)c4cn[nH]c4)C[C@@H]3C2)cc1. The number of rotatable bonds is 5. The summed E-state index contributed by atoms with van der Waals surface area (Å²) in [7, 11) is 0. The second-order valence-electron chi connectivity index (χ2n) is 7.31. The van der Waals surface area contributed by atoms with E-state index in [2.05, 4.69) is 46.3 Å². The minimum atomic E-state index is -0.456. The molecular weight excluding hydrogens is 302 g/mol. The summed E-state index contributed by atoms with van der Waals surface area (Å²) in [5, 5.41) is 16.9. The average Bonchev–Trinajstić information content (AvgIpc) is 3.25. The zero-order valence-electron chi connectivity index (χ0n) is 14.1. The molecule has 2 aromatic rings. The molecule has 0 spiro atoms. The average molecular weight is 327 g/mol. The number of fused-ring (bicyclic) bond motifs is 1. The molecule has 1 aromatic carbocycles. The molecule has 5 nitrogen and oxygen atoms in total. The van der Waals surface area contributed by atoms with E-state index in [-0.39, 0.29) is 0 Å². The maximum absolute atomic E-state index is 10.3. The lowest BCUT2D eigenvalue weighted by molar-refractivity contribution is 0.116. The Labute approximate surface area is 142 Å². The molecular formula is C19H25N3O2. The zero-order valence-corrected chi connectivity index (χ0v) is 14.1. The minimum Gasteiger partial charge on any atom is -0.490 e. The molecule has 2 aliphatic rings. The van der Waals surface area contributed by atoms with Crippen LogP contribution < -0.4 is 4.74 Å². The van der Waals surface area contributed by atoms with Crippen molar-refractivity contribution in [3.63, 3.8) is 0 Å². The van der Waals surface area contributed by atoms with E-state index >= 15 is 0 Å². The lowest BCUT2D eigenvalue weighted by atomic mass is 10.0. The number of aromatic amines is 1. The maximum Gasteiger partial charge on any atom is 0.119 e. The van der Waals surface area contributed by atoms with Gasteiger partial charge in [0.05, 0.1) is 18.4 Å². The molecule has 2 fully saturated rings. The highest BCUT2D eigenvalue weighted by Gasteiger charge is 2.42. The molecule has 4 rings (SSSR count). The van der Waals surface area contributed by atoms with Crippen LogP contribution >= 0.6 is 0 Å². The van der Waals surface area contributed by atoms with Crippen LogP contribution in [0.5, 0.6) is 5.75 Å². The van der Waals surface area contributed by atoms with E-state index in [0.717, 1.165) is 37.2 Å². The number of aromatic nitrogens is 2. The maximum atomic E-state index is 10.3. The van der Waals surface area contributed by atoms with Crippen LogP contribution in [0.2, 0.25) is 0 Å². The first-order valence-corrected chi connectivity index (χ1v) is 8.80. The summed E-state index contributed by atoms with van der Waals surface area (Å²) in [5.74, 6) is 2.37. The quantitative estimate of drug-likeness (QED) is 0.886. The van der Waals surface area contributed by atoms with Gasteiger partial charge in [0, 0.05) is 31.4 Å². The fourth-order valence-electron chi connectivity index (χ4n) is 4.19. The van der Waals surface area contributed by atoms with Crippen LogP contribution in [0, 0.1) is 18.8 Å². The number of aryl methyl sites for hydroxylation is 1. The number of aliphatic hydroxyl groups excluding tert-OH is 1. The summed E-state index contributed by atoms with van der Waals surface area (Å²) in [6.07, 6.45) is 5.60. The summed E-state index contributed by atoms with van der Waals surface area (Å²) in [6, 6.07) is 8.34. The molecule has 1 aliphatic carbocycles. The second-order valence-corrected chi connectivity index (χ2v) is 7.31. The number of benzene rings is 1. The summed E-state index contributed by atoms with van der Waals surface area (Å²) in [4.78, 5) is 2.38. The minimum absolute atomic E-state index is 0.337. The Morgan fingerprint density at radius 2 is 1.96 bits per heavy atom. The van der Waals surface area contributed by atoms with Crippen molar-refractivity contribution in [3.8, 4) is 5.75 Å². The van der Waals surface area contributed by atoms with Gasteiger partial charge in [0.1, 0.15) is 5.75 Å². The van der Waals surface area contributed by atoms with Gasteiger partial charge >= 0.3 is 0 Å². The molecule has 1 saturated carbocycles. The normalized spacial score (nSPS) is 28.0. The molecule has 4 atom stereocenters. The first-order chi connectivity index (χ1) is 11.7. The summed E-state index contributed by atoms with van der Waals surface area (Å²) in [6.45, 7) is 4.91. The van der Waals surface area contributed by atoms with Gasteiger partial charge in [0.25, 0.3) is 0 Å². The Morgan fingerprint density at radius 3 is 2.58 bits per heavy atom. The van der Waals surface area contributed by atoms with Crippen molar-refractivity contribution in [2.24, 2.45) is 11.8 Å². The highest BCUT2D eigenvalue weighted by molar-refractivity contribution is 5.26. The highest BCUT2D eigenvalue weighted by Crippen LogP contribution is 2.40. The van der Waals surface area contributed by atoms with Gasteiger partial charge in [-0.25, -0.2) is 0 Å². The number of hydrogen-bond acceptors (Lipinski definition) is 4. The molecule has 2 unspecified atom stereocenters. The van der Waals surface area contributed by atoms with Crippen molar-refractivity contribution < 1.29 is 9.84 Å². The predicted octanol–water partition coefficient (Wildman–Crippen LogP) is 2.54. The summed E-state index contributed by atoms with van der Waals surface area (Å²) >= 11 is 0. The van der Waals surface area contributed by atoms with Crippen LogP contribution in [0.1, 0.15) is 30.1 Å². The van der Waals surface area contributed by atoms with Gasteiger partial charge < -0.3 is 9.84 Å². The van der Waals surface area contributed by atoms with Crippen molar-refractivity contribution >= 4 is 0 Å². The third-order valence-corrected chi connectivity index (χ3v) is 5.44. The highest BCUT2D eigenvalue weighted by atomic mass is 16.5. The van der Waals surface area contributed by atoms with E-state index < -0.39 is 6.10 Å². The standard InChI is InChI=1S/C19H25N3O2/c1-13-2-4-17(5-3-13)24-18-6-14-10-22(11-15(14)7-18)12-19(23)16-8-20-21-9-16/h2-5,8-9,14-15,18-19,23H,6-7,10-12H2,1H3,(H,20,21)/t14-,15+,18?,19?. The summed E-state index contributed by atoms with van der Waals surface area (Å²) < 4.78 is 6.16. The lowest BCUT2D eigenvalue weighted by Crippen LogP contribution is -2.28. The number of likely N-dealkylation sites (tertiary alicyclic amines) is 1. The Morgan fingerprint density at radius 1 is 1.25 bits per heavy atom. The summed E-state index contributed by atoms with van der Waals surface area (Å²) in [5.41, 5.74) is 2.13. The van der Waals surface area contributed by atoms with Crippen molar-refractivity contribution in [1.82, 2.24) is 15.1 Å². The van der Waals surface area contributed by atoms with Crippen LogP contribution in [0.25, 0.3) is 0 Å². The number of nitrogens with one attached hydrogen (secondary N) is 1. The molecule has 0 radical (unpaired) electrons. The van der Waals surface area contributed by atoms with Gasteiger partial charge in [0.15, 0.2) is 0 Å². The van der Waals surface area contributed by atoms with Crippen LogP contribution in [0.3, 0.4) is 0 Å². The van der Waals surface area contributed by atoms with Crippen LogP contribution in [0.15, 0.2) is 36.7 Å². The third-order valence-electron chi connectivity index (χ3n) is 5.44. The van der Waals surface area contributed by atoms with Crippen molar-refractivity contribution in [2.75, 3.05) is 19.6 Å². The first-order valence-electron chi connectivity index (χ1n) is 8.80. The molecule has 2 N–H and O–H groups in total. The topological polar surface area (TPSA) is 61.4 Å². The van der Waals surface area contributed by atoms with E-state index in [1.165, 1.54) is 5.56 Å². The van der Waals surface area contributed by atoms with Gasteiger partial charge in [-0.05, 0) is 43.7 Å². The van der Waals surface area contributed by atoms with Crippen LogP contribution in [-0.4, -0.2) is 45.9 Å². The number of β-amino-alcohol motifs (C(OH)–C–C–N with tert-alkyl or cyclic N) is 1. The number of ether oxygens (including phenoxy) is 1. The Hall–Kier alpha value is -1.85. The molecule has 0 amide bonds. The molecule has 2 heterocycles. The Bertz CT molecular complexity index is 642. The van der Waals surface area contributed by atoms with E-state index in [1.54, 1.807) is 12.4 Å². The van der Waals surface area contributed by atoms with Gasteiger partial charge in [-0.15, -0.1) is 0 Å². The van der Waals surface area contributed by atoms with E-state index in [1.807, 2.05) is 0 Å². The number of aliphatic hydroxyl groups is 1. The molecule has 1 aliphatic heterocycles. The van der Waals surface area contributed by atoms with Crippen molar-refractivity contribution in [2.45, 2.75) is 32.0 Å². The number of nitrogens with zero attached hydrogens (tertiary/aromatic N) is 2. The first kappa shape index (κ1) is 15.7. The van der Waals surface area contributed by atoms with Crippen LogP contribution in [-0.2, 0) is 0 Å². The molecule has 1 aromatic heterocycles. The van der Waals surface area contributed by atoms with E-state index in [4.69, 9.17) is 4.74 Å². The second kappa shape index (κ2) is 6.57. The smallest absolute Gasteiger partial charge is 0.119 e. The molecule has 128 valence electrons. The van der Waals surface area contributed by atoms with Crippen molar-refractivity contribution in [3.05, 3.63) is 47.8 Å². The van der Waals surface area contributed by atoms with Crippen LogP contribution in [0.4, 0.5) is 0 Å². The fraction of sp³-hybridized carbons (Fsp3) is 0.526. The van der Waals surface area contributed by atoms with Gasteiger partial charge in [0.2, 0.25) is 0 Å². The Kier molecular flexibility index (Phi) is 4.29. The van der Waals surface area contributed by atoms with Crippen molar-refractivity contribution in [1.29, 1.82) is 0 Å². The Balaban J connectivity index is 1.28. The largest absolute Gasteiger partial charge is 0.490 e. The van der Waals surface area contributed by atoms with E-state index in [9.17, 15) is 5.11 Å². The monoisotopic (exact) mass is 327 g/mol. The lowest BCUT2D eigenvalue weighted by Gasteiger charge is -2.22. The van der Waals surface area contributed by atoms with Gasteiger partial charge in [-0.1, -0.05) is 17.7 Å². The molecule has 0 bridgehead atoms. The molecule has 24 heavy (non-hydrogen) atoms. The number of H-pyrrole nitrogens is 1. The fourth-order valence-corrected chi connectivity index (χ4v) is 4.19. The van der Waals surface area contributed by atoms with Gasteiger partial charge in [-0.2, -0.15) is 5.10 Å². The third kappa shape index (κ3) is 3.32.